The van der Waals surface area contributed by atoms with Gasteiger partial charge in [-0.1, -0.05) is 20.8 Å². The van der Waals surface area contributed by atoms with Crippen molar-refractivity contribution in [2.45, 2.75) is 64.6 Å². The Morgan fingerprint density at radius 2 is 1.55 bits per heavy atom. The van der Waals surface area contributed by atoms with Gasteiger partial charge in [-0.05, 0) is 38.2 Å². The first kappa shape index (κ1) is 21.2. The molecule has 0 aliphatic heterocycles. The van der Waals surface area contributed by atoms with Crippen LogP contribution in [0.3, 0.4) is 0 Å². The number of aliphatic hydroxyl groups excluding tert-OH is 1. The summed E-state index contributed by atoms with van der Waals surface area (Å²) < 4.78 is 10.2. The summed E-state index contributed by atoms with van der Waals surface area (Å²) in [6.45, 7) is 9.80. The van der Waals surface area contributed by atoms with Crippen LogP contribution in [0, 0.1) is 5.41 Å². The predicted molar refractivity (Wildman–Crippen MR) is 82.7 cm³/mol. The molecule has 1 unspecified atom stereocenters. The average molecular weight is 338 g/mol. The van der Waals surface area contributed by atoms with Crippen molar-refractivity contribution < 1.29 is 33.8 Å². The molecule has 0 aliphatic rings. The second kappa shape index (κ2) is 8.14. The van der Waals surface area contributed by atoms with Crippen molar-refractivity contribution in [3.8, 4) is 0 Å². The molecule has 0 aromatic rings. The molecule has 3 N–H and O–H groups in total. The SMILES string of the molecule is CC(C)(C)SO[C@@H](C(=O)O)C(CO)O[C@H](C(=O)O)C(C)(C)C. The number of carboxylic acid groups (broad SMARTS) is 2. The molecule has 0 bridgehead atoms. The van der Waals surface area contributed by atoms with Crippen molar-refractivity contribution in [1.82, 2.24) is 0 Å². The maximum Gasteiger partial charge on any atom is 0.337 e. The Morgan fingerprint density at radius 1 is 1.05 bits per heavy atom. The Morgan fingerprint density at radius 3 is 1.82 bits per heavy atom. The van der Waals surface area contributed by atoms with Crippen LogP contribution in [-0.4, -0.2) is 56.9 Å². The molecule has 0 heterocycles. The van der Waals surface area contributed by atoms with Gasteiger partial charge in [0, 0.05) is 4.75 Å². The van der Waals surface area contributed by atoms with Gasteiger partial charge in [-0.15, -0.1) is 0 Å². The van der Waals surface area contributed by atoms with Gasteiger partial charge in [-0.3, -0.25) is 4.18 Å². The van der Waals surface area contributed by atoms with E-state index < -0.39 is 42.3 Å². The van der Waals surface area contributed by atoms with Gasteiger partial charge in [-0.25, -0.2) is 9.59 Å². The van der Waals surface area contributed by atoms with E-state index in [1.165, 1.54) is 0 Å². The van der Waals surface area contributed by atoms with Crippen molar-refractivity contribution in [1.29, 1.82) is 0 Å². The van der Waals surface area contributed by atoms with Crippen LogP contribution < -0.4 is 0 Å². The minimum Gasteiger partial charge on any atom is -0.479 e. The maximum atomic E-state index is 11.3. The van der Waals surface area contributed by atoms with Gasteiger partial charge in [0.15, 0.2) is 12.2 Å². The Hall–Kier alpha value is -0.830. The minimum atomic E-state index is -1.47. The average Bonchev–Trinajstić information content (AvgIpc) is 2.28. The minimum absolute atomic E-state index is 0.357. The molecule has 0 fully saturated rings. The topological polar surface area (TPSA) is 113 Å². The number of rotatable bonds is 8. The molecule has 0 saturated heterocycles. The number of ether oxygens (including phenoxy) is 1. The monoisotopic (exact) mass is 338 g/mol. The Balaban J connectivity index is 5.15. The normalized spacial score (nSPS) is 16.9. The standard InChI is InChI=1S/C14H26O7S/c1-13(2,3)10(12(18)19)20-8(7-15)9(11(16)17)21-22-14(4,5)6/h8-10,15H,7H2,1-6H3,(H,16,17)(H,18,19)/t8?,9-,10-/m1/s1. The van der Waals surface area contributed by atoms with Gasteiger partial charge in [-0.2, -0.15) is 0 Å². The molecule has 22 heavy (non-hydrogen) atoms. The Kier molecular flexibility index (Phi) is 7.84. The van der Waals surface area contributed by atoms with Gasteiger partial charge in [0.2, 0.25) is 0 Å². The van der Waals surface area contributed by atoms with E-state index in [2.05, 4.69) is 0 Å². The molecule has 0 aromatic heterocycles. The number of aliphatic carboxylic acids is 2. The quantitative estimate of drug-likeness (QED) is 0.574. The zero-order valence-corrected chi connectivity index (χ0v) is 14.6. The van der Waals surface area contributed by atoms with Crippen LogP contribution in [0.2, 0.25) is 0 Å². The van der Waals surface area contributed by atoms with Gasteiger partial charge < -0.3 is 20.1 Å². The number of hydrogen-bond acceptors (Lipinski definition) is 6. The Bertz CT molecular complexity index is 384. The van der Waals surface area contributed by atoms with Crippen LogP contribution in [0.15, 0.2) is 0 Å². The molecule has 0 amide bonds. The van der Waals surface area contributed by atoms with E-state index in [1.807, 2.05) is 20.8 Å². The molecule has 0 aromatic carbocycles. The lowest BCUT2D eigenvalue weighted by Crippen LogP contribution is -2.47. The van der Waals surface area contributed by atoms with E-state index in [1.54, 1.807) is 20.8 Å². The van der Waals surface area contributed by atoms with Crippen LogP contribution in [0.1, 0.15) is 41.5 Å². The van der Waals surface area contributed by atoms with E-state index in [4.69, 9.17) is 8.92 Å². The third-order valence-electron chi connectivity index (χ3n) is 2.48. The van der Waals surface area contributed by atoms with Crippen LogP contribution in [-0.2, 0) is 18.5 Å². The first-order valence-electron chi connectivity index (χ1n) is 6.86. The van der Waals surface area contributed by atoms with Crippen molar-refractivity contribution in [2.75, 3.05) is 6.61 Å². The second-order valence-corrected chi connectivity index (χ2v) is 8.58. The van der Waals surface area contributed by atoms with Crippen LogP contribution in [0.5, 0.6) is 0 Å². The van der Waals surface area contributed by atoms with E-state index >= 15 is 0 Å². The molecule has 7 nitrogen and oxygen atoms in total. The summed E-state index contributed by atoms with van der Waals surface area (Å²) in [7, 11) is 0. The first-order valence-corrected chi connectivity index (χ1v) is 7.60. The molecule has 0 rings (SSSR count). The van der Waals surface area contributed by atoms with Gasteiger partial charge >= 0.3 is 11.9 Å². The molecule has 130 valence electrons. The molecule has 0 radical (unpaired) electrons. The fraction of sp³-hybridized carbons (Fsp3) is 0.857. The maximum absolute atomic E-state index is 11.3. The summed E-state index contributed by atoms with van der Waals surface area (Å²) in [6.07, 6.45) is -4.03. The molecule has 0 aliphatic carbocycles. The highest BCUT2D eigenvalue weighted by atomic mass is 32.2. The fourth-order valence-corrected chi connectivity index (χ4v) is 2.07. The summed E-state index contributed by atoms with van der Waals surface area (Å²) in [5, 5.41) is 27.9. The molecule has 0 saturated carbocycles. The number of carbonyl (C=O) groups is 2. The lowest BCUT2D eigenvalue weighted by molar-refractivity contribution is -0.180. The molecule has 0 spiro atoms. The van der Waals surface area contributed by atoms with E-state index in [0.29, 0.717) is 0 Å². The smallest absolute Gasteiger partial charge is 0.337 e. The number of hydrogen-bond donors (Lipinski definition) is 3. The third-order valence-corrected chi connectivity index (χ3v) is 3.29. The second-order valence-electron chi connectivity index (χ2n) is 6.99. The predicted octanol–water partition coefficient (Wildman–Crippen LogP) is 1.78. The Labute approximate surface area is 135 Å². The third kappa shape index (κ3) is 7.44. The summed E-state index contributed by atoms with van der Waals surface area (Å²) in [4.78, 5) is 22.6. The zero-order valence-electron chi connectivity index (χ0n) is 13.8. The van der Waals surface area contributed by atoms with Crippen molar-refractivity contribution in [3.63, 3.8) is 0 Å². The highest BCUT2D eigenvalue weighted by Gasteiger charge is 2.39. The zero-order chi connectivity index (χ0) is 17.7. The number of carboxylic acids is 2. The van der Waals surface area contributed by atoms with E-state index in [0.717, 1.165) is 12.0 Å². The van der Waals surface area contributed by atoms with Crippen molar-refractivity contribution >= 4 is 24.0 Å². The van der Waals surface area contributed by atoms with Gasteiger partial charge in [0.05, 0.1) is 6.61 Å². The number of aliphatic hydroxyl groups is 1. The fourth-order valence-electron chi connectivity index (χ4n) is 1.48. The summed E-state index contributed by atoms with van der Waals surface area (Å²) in [6, 6.07) is 0. The highest BCUT2D eigenvalue weighted by molar-refractivity contribution is 7.96. The van der Waals surface area contributed by atoms with Crippen LogP contribution in [0.4, 0.5) is 0 Å². The largest absolute Gasteiger partial charge is 0.479 e. The van der Waals surface area contributed by atoms with E-state index in [-0.39, 0.29) is 4.75 Å². The summed E-state index contributed by atoms with van der Waals surface area (Å²) in [5.41, 5.74) is -0.764. The summed E-state index contributed by atoms with van der Waals surface area (Å²) in [5.74, 6) is -2.55. The van der Waals surface area contributed by atoms with E-state index in [9.17, 15) is 24.9 Å². The first-order chi connectivity index (χ1) is 9.79. The molecular weight excluding hydrogens is 312 g/mol. The van der Waals surface area contributed by atoms with Crippen molar-refractivity contribution in [2.24, 2.45) is 5.41 Å². The van der Waals surface area contributed by atoms with Gasteiger partial charge in [0.1, 0.15) is 6.10 Å². The molecule has 8 heteroatoms. The summed E-state index contributed by atoms with van der Waals surface area (Å²) >= 11 is 0.937. The molecular formula is C14H26O7S. The lowest BCUT2D eigenvalue weighted by atomic mass is 9.89. The highest BCUT2D eigenvalue weighted by Crippen LogP contribution is 2.29. The van der Waals surface area contributed by atoms with Crippen molar-refractivity contribution in [3.05, 3.63) is 0 Å². The molecule has 3 atom stereocenters. The van der Waals surface area contributed by atoms with Gasteiger partial charge in [0.25, 0.3) is 0 Å². The van der Waals surface area contributed by atoms with Crippen LogP contribution in [0.25, 0.3) is 0 Å². The van der Waals surface area contributed by atoms with Crippen LogP contribution >= 0.6 is 12.0 Å². The lowest BCUT2D eigenvalue weighted by Gasteiger charge is -2.32.